The zero-order valence-corrected chi connectivity index (χ0v) is 49.8. The van der Waals surface area contributed by atoms with Crippen LogP contribution in [0.1, 0.15) is 93.7 Å². The third-order valence-electron chi connectivity index (χ3n) is 15.9. The molecule has 4 amide bonds. The average Bonchev–Trinajstić information content (AvgIpc) is 1.43. The van der Waals surface area contributed by atoms with Crippen LogP contribution in [-0.4, -0.2) is 104 Å². The minimum atomic E-state index is -0.745. The Bertz CT molecular complexity index is 3520. The maximum absolute atomic E-state index is 14.5. The van der Waals surface area contributed by atoms with Crippen molar-refractivity contribution in [3.63, 3.8) is 0 Å². The first-order chi connectivity index (χ1) is 41.1. The Morgan fingerprint density at radius 2 is 1.22 bits per heavy atom. The molecule has 8 aromatic carbocycles. The second kappa shape index (κ2) is 28.8. The number of ketones is 1. The number of aryl methyl sites for hydroxylation is 2. The van der Waals surface area contributed by atoms with Gasteiger partial charge in [0, 0.05) is 70.8 Å². The third-order valence-corrected chi connectivity index (χ3v) is 15.9. The molecular weight excluding hydrogens is 1060 g/mol. The van der Waals surface area contributed by atoms with Crippen LogP contribution < -0.4 is 4.74 Å². The van der Waals surface area contributed by atoms with Crippen molar-refractivity contribution >= 4 is 51.0 Å². The maximum atomic E-state index is 14.5. The third kappa shape index (κ3) is 16.6. The number of carbonyl (C=O) groups is 5. The fraction of sp³-hybridized carbons (Fsp3) is 0.329. The number of phenols is 1. The lowest BCUT2D eigenvalue weighted by molar-refractivity contribution is -0.174. The standard InChI is InChI=1S/C39H47NO4.C34H33N3O4/c1-6-43-29(2)27-40(28-33-17-12-16-32-15-10-11-18-37(32)33)38(42)34(26-35(41)22-19-30-13-8-7-9-14-30)25-31-20-23-36(24-21-31)44-39(3,4)5;38-28-16-13-25(14-17-28)21-30-34(41)35(22-27-11-6-10-26-9-4-5-12-29(26)27)23-31-36(20-19-33(40)37(30)31)32(39)18-15-24-7-2-1-3-8-24/h7-18,20-21,23-24,29,34H,6,19,22,25-28H2,1-5H3;1-14,16-17,30-31,38H,15,18-23H2/t29?,34-;30-,31?/m01/s1. The number of amides is 4. The summed E-state index contributed by atoms with van der Waals surface area (Å²) in [5.41, 5.74) is 5.87. The Hall–Kier alpha value is -8.61. The molecule has 2 saturated heterocycles. The van der Waals surface area contributed by atoms with E-state index in [2.05, 4.69) is 42.5 Å². The Kier molecular flexibility index (Phi) is 20.6. The lowest BCUT2D eigenvalue weighted by Crippen LogP contribution is -2.71. The van der Waals surface area contributed by atoms with Crippen LogP contribution >= 0.6 is 0 Å². The smallest absolute Gasteiger partial charge is 0.246 e. The number of hydrogen-bond donors (Lipinski definition) is 1. The molecule has 8 aromatic rings. The highest BCUT2D eigenvalue weighted by molar-refractivity contribution is 5.93. The number of nitrogens with zero attached hydrogens (tertiary/aromatic N) is 4. The molecule has 0 saturated carbocycles. The molecular formula is C73H80N4O8. The van der Waals surface area contributed by atoms with E-state index in [0.29, 0.717) is 71.3 Å². The van der Waals surface area contributed by atoms with Crippen molar-refractivity contribution in [3.8, 4) is 11.5 Å². The molecule has 0 bridgehead atoms. The van der Waals surface area contributed by atoms with E-state index in [-0.39, 0.29) is 66.3 Å². The van der Waals surface area contributed by atoms with Crippen molar-refractivity contribution in [2.24, 2.45) is 5.92 Å². The van der Waals surface area contributed by atoms with Crippen LogP contribution in [0.15, 0.2) is 194 Å². The van der Waals surface area contributed by atoms with Gasteiger partial charge in [-0.1, -0.05) is 170 Å². The molecule has 0 radical (unpaired) electrons. The van der Waals surface area contributed by atoms with Crippen LogP contribution in [0.4, 0.5) is 0 Å². The normalized spacial score (nSPS) is 15.8. The van der Waals surface area contributed by atoms with Gasteiger partial charge in [-0.3, -0.25) is 24.0 Å². The predicted octanol–water partition coefficient (Wildman–Crippen LogP) is 12.7. The predicted molar refractivity (Wildman–Crippen MR) is 336 cm³/mol. The molecule has 0 aliphatic carbocycles. The van der Waals surface area contributed by atoms with Gasteiger partial charge in [0.25, 0.3) is 0 Å². The summed E-state index contributed by atoms with van der Waals surface area (Å²) in [5, 5.41) is 14.2. The summed E-state index contributed by atoms with van der Waals surface area (Å²) >= 11 is 0. The number of Topliss-reactive ketones (excluding diaryl/α,β-unsaturated/α-hetero) is 1. The summed E-state index contributed by atoms with van der Waals surface area (Å²) in [4.78, 5) is 76.2. The van der Waals surface area contributed by atoms with E-state index in [1.807, 2.05) is 172 Å². The molecule has 4 atom stereocenters. The number of carbonyl (C=O) groups excluding carboxylic acids is 5. The molecule has 2 unspecified atom stereocenters. The highest BCUT2D eigenvalue weighted by atomic mass is 16.5. The first-order valence-corrected chi connectivity index (χ1v) is 30.0. The molecule has 1 N–H and O–H groups in total. The van der Waals surface area contributed by atoms with E-state index < -0.39 is 18.1 Å². The molecule has 2 aliphatic rings. The Balaban J connectivity index is 0.000000204. The molecule has 2 heterocycles. The number of piperazine rings is 1. The van der Waals surface area contributed by atoms with Gasteiger partial charge in [0.15, 0.2) is 0 Å². The Morgan fingerprint density at radius 1 is 0.659 bits per heavy atom. The van der Waals surface area contributed by atoms with Crippen LogP contribution in [0.5, 0.6) is 11.5 Å². The number of fused-ring (bicyclic) bond motifs is 3. The minimum Gasteiger partial charge on any atom is -0.508 e. The quantitative estimate of drug-likeness (QED) is 0.0708. The molecule has 10 rings (SSSR count). The average molecular weight is 1140 g/mol. The monoisotopic (exact) mass is 1140 g/mol. The van der Waals surface area contributed by atoms with Gasteiger partial charge in [0.2, 0.25) is 23.6 Å². The SMILES string of the molecule is CCOC(C)CN(Cc1cccc2ccccc12)C(=O)[C@H](CC(=O)CCc1ccccc1)Cc1ccc(OC(C)(C)C)cc1.O=C1[C@@H](Cc2ccc(O)cc2)N2C(=O)CCN(C(=O)CCc3ccccc3)C2CN1Cc1cccc2ccccc12. The van der Waals surface area contributed by atoms with Gasteiger partial charge in [-0.15, -0.1) is 0 Å². The fourth-order valence-corrected chi connectivity index (χ4v) is 11.8. The molecule has 85 heavy (non-hydrogen) atoms. The molecule has 12 heteroatoms. The van der Waals surface area contributed by atoms with Gasteiger partial charge in [-0.05, 0) is 133 Å². The van der Waals surface area contributed by atoms with Crippen molar-refractivity contribution in [2.75, 3.05) is 26.2 Å². The second-order valence-electron chi connectivity index (χ2n) is 23.5. The Morgan fingerprint density at radius 3 is 1.85 bits per heavy atom. The van der Waals surface area contributed by atoms with Crippen LogP contribution in [-0.2, 0) is 67.5 Å². The second-order valence-corrected chi connectivity index (χ2v) is 23.5. The van der Waals surface area contributed by atoms with Crippen LogP contribution in [0, 0.1) is 5.92 Å². The largest absolute Gasteiger partial charge is 0.508 e. The summed E-state index contributed by atoms with van der Waals surface area (Å²) in [6.45, 7) is 12.5. The van der Waals surface area contributed by atoms with Gasteiger partial charge in [0.05, 0.1) is 12.6 Å². The van der Waals surface area contributed by atoms with Crippen molar-refractivity contribution in [3.05, 3.63) is 228 Å². The zero-order chi connectivity index (χ0) is 59.9. The first-order valence-electron chi connectivity index (χ1n) is 30.0. The molecule has 2 aliphatic heterocycles. The van der Waals surface area contributed by atoms with Gasteiger partial charge in [-0.25, -0.2) is 0 Å². The molecule has 2 fully saturated rings. The number of ether oxygens (including phenoxy) is 2. The highest BCUT2D eigenvalue weighted by Crippen LogP contribution is 2.32. The number of hydrogen-bond acceptors (Lipinski definition) is 8. The summed E-state index contributed by atoms with van der Waals surface area (Å²) in [5.74, 6) is 0.263. The van der Waals surface area contributed by atoms with Crippen molar-refractivity contribution < 1.29 is 38.6 Å². The zero-order valence-electron chi connectivity index (χ0n) is 49.8. The van der Waals surface area contributed by atoms with Crippen LogP contribution in [0.2, 0.25) is 0 Å². The minimum absolute atomic E-state index is 0.0146. The van der Waals surface area contributed by atoms with E-state index in [9.17, 15) is 29.1 Å². The van der Waals surface area contributed by atoms with Crippen molar-refractivity contribution in [2.45, 2.75) is 123 Å². The van der Waals surface area contributed by atoms with E-state index in [4.69, 9.17) is 9.47 Å². The fourth-order valence-electron chi connectivity index (χ4n) is 11.8. The van der Waals surface area contributed by atoms with E-state index in [0.717, 1.165) is 60.7 Å². The molecule has 0 aromatic heterocycles. The van der Waals surface area contributed by atoms with E-state index in [1.165, 1.54) is 0 Å². The van der Waals surface area contributed by atoms with Gasteiger partial charge in [-0.2, -0.15) is 0 Å². The molecule has 0 spiro atoms. The maximum Gasteiger partial charge on any atom is 0.246 e. The van der Waals surface area contributed by atoms with E-state index in [1.54, 1.807) is 34.1 Å². The number of rotatable bonds is 22. The van der Waals surface area contributed by atoms with Gasteiger partial charge < -0.3 is 34.2 Å². The topological polar surface area (TPSA) is 137 Å². The molecule has 12 nitrogen and oxygen atoms in total. The molecule has 440 valence electrons. The van der Waals surface area contributed by atoms with Gasteiger partial charge >= 0.3 is 0 Å². The van der Waals surface area contributed by atoms with Crippen LogP contribution in [0.25, 0.3) is 21.5 Å². The summed E-state index contributed by atoms with van der Waals surface area (Å²) in [6.07, 6.45) is 2.52. The first kappa shape index (κ1) is 61.0. The number of phenolic OH excluding ortho intramolecular Hbond substituents is 1. The van der Waals surface area contributed by atoms with Crippen LogP contribution in [0.3, 0.4) is 0 Å². The summed E-state index contributed by atoms with van der Waals surface area (Å²) < 4.78 is 11.9. The van der Waals surface area contributed by atoms with Crippen molar-refractivity contribution in [1.82, 2.24) is 19.6 Å². The number of benzene rings is 8. The van der Waals surface area contributed by atoms with Gasteiger partial charge in [0.1, 0.15) is 35.1 Å². The number of aromatic hydroxyl groups is 1. The van der Waals surface area contributed by atoms with E-state index >= 15 is 0 Å². The Labute approximate surface area is 501 Å². The summed E-state index contributed by atoms with van der Waals surface area (Å²) in [7, 11) is 0. The summed E-state index contributed by atoms with van der Waals surface area (Å²) in [6, 6.07) is 62.5. The highest BCUT2D eigenvalue weighted by Gasteiger charge is 2.48. The lowest BCUT2D eigenvalue weighted by Gasteiger charge is -2.52. The van der Waals surface area contributed by atoms with Crippen molar-refractivity contribution in [1.29, 1.82) is 0 Å². The lowest BCUT2D eigenvalue weighted by atomic mass is 9.90.